The summed E-state index contributed by atoms with van der Waals surface area (Å²) >= 11 is 0. The maximum absolute atomic E-state index is 13.1. The molecule has 4 nitrogen and oxygen atoms in total. The zero-order chi connectivity index (χ0) is 12.8. The van der Waals surface area contributed by atoms with Crippen LogP contribution in [-0.4, -0.2) is 26.0 Å². The molecule has 0 unspecified atom stereocenters. The van der Waals surface area contributed by atoms with Gasteiger partial charge in [-0.15, -0.1) is 0 Å². The zero-order valence-corrected chi connectivity index (χ0v) is 10.2. The van der Waals surface area contributed by atoms with Crippen molar-refractivity contribution in [1.82, 2.24) is 5.32 Å². The molecule has 1 amide bonds. The van der Waals surface area contributed by atoms with Gasteiger partial charge >= 0.3 is 0 Å². The number of nitrogens with zero attached hydrogens (tertiary/aromatic N) is 1. The SMILES string of the molecule is CCCNC(=O)CN(C)c1cc(N)cc(F)c1. The van der Waals surface area contributed by atoms with Crippen molar-refractivity contribution in [3.63, 3.8) is 0 Å². The molecule has 0 saturated heterocycles. The van der Waals surface area contributed by atoms with Crippen LogP contribution in [-0.2, 0) is 4.79 Å². The van der Waals surface area contributed by atoms with E-state index < -0.39 is 5.82 Å². The van der Waals surface area contributed by atoms with E-state index in [2.05, 4.69) is 5.32 Å². The van der Waals surface area contributed by atoms with Gasteiger partial charge in [0.2, 0.25) is 5.91 Å². The van der Waals surface area contributed by atoms with Crippen molar-refractivity contribution in [2.75, 3.05) is 30.8 Å². The largest absolute Gasteiger partial charge is 0.399 e. The number of carbonyl (C=O) groups is 1. The third-order valence-corrected chi connectivity index (χ3v) is 2.30. The van der Waals surface area contributed by atoms with E-state index in [-0.39, 0.29) is 12.5 Å². The van der Waals surface area contributed by atoms with Crippen molar-refractivity contribution in [3.8, 4) is 0 Å². The van der Waals surface area contributed by atoms with Crippen molar-refractivity contribution >= 4 is 17.3 Å². The number of halogens is 1. The summed E-state index contributed by atoms with van der Waals surface area (Å²) in [5.41, 5.74) is 6.48. The molecule has 0 spiro atoms. The van der Waals surface area contributed by atoms with Crippen LogP contribution in [0.5, 0.6) is 0 Å². The van der Waals surface area contributed by atoms with Gasteiger partial charge in [-0.25, -0.2) is 4.39 Å². The van der Waals surface area contributed by atoms with Crippen LogP contribution in [0.2, 0.25) is 0 Å². The lowest BCUT2D eigenvalue weighted by Gasteiger charge is -2.19. The van der Waals surface area contributed by atoms with E-state index in [4.69, 9.17) is 5.73 Å². The molecule has 0 saturated carbocycles. The highest BCUT2D eigenvalue weighted by molar-refractivity contribution is 5.81. The predicted molar refractivity (Wildman–Crippen MR) is 67.4 cm³/mol. The number of hydrogen-bond donors (Lipinski definition) is 2. The maximum Gasteiger partial charge on any atom is 0.239 e. The first kappa shape index (κ1) is 13.3. The first-order chi connectivity index (χ1) is 8.02. The van der Waals surface area contributed by atoms with Gasteiger partial charge in [0.15, 0.2) is 0 Å². The molecule has 0 heterocycles. The van der Waals surface area contributed by atoms with E-state index in [0.717, 1.165) is 6.42 Å². The molecule has 17 heavy (non-hydrogen) atoms. The number of carbonyl (C=O) groups excluding carboxylic acids is 1. The van der Waals surface area contributed by atoms with Gasteiger partial charge in [0, 0.05) is 25.0 Å². The lowest BCUT2D eigenvalue weighted by molar-refractivity contribution is -0.119. The van der Waals surface area contributed by atoms with Crippen LogP contribution in [0.15, 0.2) is 18.2 Å². The van der Waals surface area contributed by atoms with Crippen LogP contribution in [0, 0.1) is 5.82 Å². The van der Waals surface area contributed by atoms with E-state index in [9.17, 15) is 9.18 Å². The fraction of sp³-hybridized carbons (Fsp3) is 0.417. The molecular formula is C12H18FN3O. The molecule has 1 aromatic rings. The highest BCUT2D eigenvalue weighted by Gasteiger charge is 2.08. The molecule has 0 aliphatic rings. The number of nitrogens with two attached hydrogens (primary N) is 1. The molecule has 0 bridgehead atoms. The third kappa shape index (κ3) is 4.30. The first-order valence-electron chi connectivity index (χ1n) is 5.57. The Bertz CT molecular complexity index is 375. The molecule has 0 aliphatic carbocycles. The van der Waals surface area contributed by atoms with Crippen molar-refractivity contribution in [3.05, 3.63) is 24.0 Å². The molecule has 0 atom stereocenters. The second kappa shape index (κ2) is 6.08. The standard InChI is InChI=1S/C12H18FN3O/c1-3-4-15-12(17)8-16(2)11-6-9(13)5-10(14)7-11/h5-7H,3-4,8,14H2,1-2H3,(H,15,17). The number of anilines is 2. The summed E-state index contributed by atoms with van der Waals surface area (Å²) in [5, 5.41) is 2.76. The quantitative estimate of drug-likeness (QED) is 0.763. The molecule has 3 N–H and O–H groups in total. The smallest absolute Gasteiger partial charge is 0.239 e. The highest BCUT2D eigenvalue weighted by Crippen LogP contribution is 2.18. The minimum atomic E-state index is -0.402. The minimum Gasteiger partial charge on any atom is -0.399 e. The van der Waals surface area contributed by atoms with Crippen molar-refractivity contribution in [1.29, 1.82) is 0 Å². The summed E-state index contributed by atoms with van der Waals surface area (Å²) in [6.45, 7) is 2.82. The van der Waals surface area contributed by atoms with Gasteiger partial charge in [0.05, 0.1) is 6.54 Å². The molecule has 0 fully saturated rings. The molecule has 1 rings (SSSR count). The second-order valence-corrected chi connectivity index (χ2v) is 3.95. The monoisotopic (exact) mass is 239 g/mol. The highest BCUT2D eigenvalue weighted by atomic mass is 19.1. The Morgan fingerprint density at radius 2 is 2.18 bits per heavy atom. The molecule has 1 aromatic carbocycles. The van der Waals surface area contributed by atoms with Crippen LogP contribution in [0.1, 0.15) is 13.3 Å². The van der Waals surface area contributed by atoms with Crippen LogP contribution in [0.3, 0.4) is 0 Å². The van der Waals surface area contributed by atoms with Gasteiger partial charge in [-0.1, -0.05) is 6.92 Å². The number of hydrogen-bond acceptors (Lipinski definition) is 3. The fourth-order valence-corrected chi connectivity index (χ4v) is 1.44. The minimum absolute atomic E-state index is 0.0859. The van der Waals surface area contributed by atoms with Gasteiger partial charge in [0.1, 0.15) is 5.82 Å². The topological polar surface area (TPSA) is 58.4 Å². The summed E-state index contributed by atoms with van der Waals surface area (Å²) in [4.78, 5) is 13.1. The summed E-state index contributed by atoms with van der Waals surface area (Å²) in [7, 11) is 1.72. The number of amides is 1. The molecular weight excluding hydrogens is 221 g/mol. The fourth-order valence-electron chi connectivity index (χ4n) is 1.44. The number of rotatable bonds is 5. The van der Waals surface area contributed by atoms with Crippen LogP contribution in [0.25, 0.3) is 0 Å². The molecule has 5 heteroatoms. The van der Waals surface area contributed by atoms with Crippen molar-refractivity contribution < 1.29 is 9.18 Å². The number of benzene rings is 1. The predicted octanol–water partition coefficient (Wildman–Crippen LogP) is 1.37. The summed E-state index contributed by atoms with van der Waals surface area (Å²) < 4.78 is 13.1. The second-order valence-electron chi connectivity index (χ2n) is 3.95. The van der Waals surface area contributed by atoms with Crippen LogP contribution >= 0.6 is 0 Å². The average Bonchev–Trinajstić information content (AvgIpc) is 2.25. The molecule has 94 valence electrons. The normalized spacial score (nSPS) is 10.1. The van der Waals surface area contributed by atoms with E-state index >= 15 is 0 Å². The van der Waals surface area contributed by atoms with Gasteiger partial charge in [-0.2, -0.15) is 0 Å². The summed E-state index contributed by atoms with van der Waals surface area (Å²) in [6.07, 6.45) is 0.891. The Kier molecular flexibility index (Phi) is 4.75. The van der Waals surface area contributed by atoms with Crippen LogP contribution in [0.4, 0.5) is 15.8 Å². The van der Waals surface area contributed by atoms with Gasteiger partial charge in [-0.05, 0) is 24.6 Å². The third-order valence-electron chi connectivity index (χ3n) is 2.30. The Labute approximate surface area is 101 Å². The Hall–Kier alpha value is -1.78. The number of likely N-dealkylation sites (N-methyl/N-ethyl adjacent to an activating group) is 1. The van der Waals surface area contributed by atoms with E-state index in [0.29, 0.717) is 17.9 Å². The van der Waals surface area contributed by atoms with Crippen molar-refractivity contribution in [2.24, 2.45) is 0 Å². The lowest BCUT2D eigenvalue weighted by atomic mass is 10.2. The number of nitrogen functional groups attached to an aromatic ring is 1. The Balaban J connectivity index is 2.63. The molecule has 0 aliphatic heterocycles. The van der Waals surface area contributed by atoms with Crippen LogP contribution < -0.4 is 16.0 Å². The Morgan fingerprint density at radius 1 is 1.47 bits per heavy atom. The maximum atomic E-state index is 13.1. The zero-order valence-electron chi connectivity index (χ0n) is 10.2. The number of nitrogens with one attached hydrogen (secondary N) is 1. The lowest BCUT2D eigenvalue weighted by Crippen LogP contribution is -2.35. The van der Waals surface area contributed by atoms with Crippen molar-refractivity contribution in [2.45, 2.75) is 13.3 Å². The van der Waals surface area contributed by atoms with Gasteiger partial charge in [-0.3, -0.25) is 4.79 Å². The Morgan fingerprint density at radius 3 is 2.76 bits per heavy atom. The average molecular weight is 239 g/mol. The van der Waals surface area contributed by atoms with Gasteiger partial charge < -0.3 is 16.0 Å². The van der Waals surface area contributed by atoms with E-state index in [1.165, 1.54) is 12.1 Å². The van der Waals surface area contributed by atoms with E-state index in [1.807, 2.05) is 6.92 Å². The summed E-state index contributed by atoms with van der Waals surface area (Å²) in [5.74, 6) is -0.488. The molecule has 0 aromatic heterocycles. The summed E-state index contributed by atoms with van der Waals surface area (Å²) in [6, 6.07) is 4.23. The molecule has 0 radical (unpaired) electrons. The first-order valence-corrected chi connectivity index (χ1v) is 5.57. The van der Waals surface area contributed by atoms with Gasteiger partial charge in [0.25, 0.3) is 0 Å². The van der Waals surface area contributed by atoms with E-state index in [1.54, 1.807) is 18.0 Å².